The van der Waals surface area contributed by atoms with E-state index in [4.69, 9.17) is 9.47 Å². The lowest BCUT2D eigenvalue weighted by Gasteiger charge is -2.24. The fourth-order valence-electron chi connectivity index (χ4n) is 3.02. The second-order valence-corrected chi connectivity index (χ2v) is 6.13. The van der Waals surface area contributed by atoms with E-state index >= 15 is 0 Å². The van der Waals surface area contributed by atoms with Crippen LogP contribution in [-0.2, 0) is 14.3 Å². The van der Waals surface area contributed by atoms with Gasteiger partial charge in [0.25, 0.3) is 0 Å². The molecule has 144 valence electrons. The highest BCUT2D eigenvalue weighted by atomic mass is 16.5. The van der Waals surface area contributed by atoms with Crippen molar-refractivity contribution in [1.82, 2.24) is 0 Å². The Bertz CT molecular complexity index is 938. The molecule has 0 heterocycles. The predicted octanol–water partition coefficient (Wildman–Crippen LogP) is 2.66. The van der Waals surface area contributed by atoms with E-state index in [1.54, 1.807) is 54.6 Å². The van der Waals surface area contributed by atoms with Crippen molar-refractivity contribution < 1.29 is 23.9 Å². The number of methoxy groups -OCH3 is 2. The van der Waals surface area contributed by atoms with Crippen molar-refractivity contribution in [2.45, 2.75) is 12.1 Å². The number of rotatable bonds is 6. The minimum Gasteiger partial charge on any atom is -0.465 e. The zero-order valence-corrected chi connectivity index (χ0v) is 15.5. The van der Waals surface area contributed by atoms with Gasteiger partial charge in [0.05, 0.1) is 31.4 Å². The number of carbonyl (C=O) groups excluding carboxylic acids is 3. The van der Waals surface area contributed by atoms with Gasteiger partial charge in [-0.15, -0.1) is 0 Å². The Morgan fingerprint density at radius 3 is 1.86 bits per heavy atom. The number of ketones is 1. The maximum absolute atomic E-state index is 12.4. The largest absolute Gasteiger partial charge is 0.465 e. The average molecular weight is 380 g/mol. The second kappa shape index (κ2) is 8.39. The molecule has 7 heteroatoms. The van der Waals surface area contributed by atoms with Crippen LogP contribution in [0.1, 0.15) is 20.7 Å². The van der Waals surface area contributed by atoms with Crippen molar-refractivity contribution in [3.63, 3.8) is 0 Å². The predicted molar refractivity (Wildman–Crippen MR) is 105 cm³/mol. The van der Waals surface area contributed by atoms with Crippen LogP contribution in [0.25, 0.3) is 0 Å². The summed E-state index contributed by atoms with van der Waals surface area (Å²) < 4.78 is 9.61. The van der Waals surface area contributed by atoms with Crippen molar-refractivity contribution in [1.29, 1.82) is 0 Å². The molecule has 7 nitrogen and oxygen atoms in total. The summed E-state index contributed by atoms with van der Waals surface area (Å²) >= 11 is 0. The maximum atomic E-state index is 12.4. The number of carbonyl (C=O) groups is 3. The standard InChI is InChI=1S/C21H20N2O5/c1-27-20(25)13-7-3-5-9-15(13)22-17-11-12-18(24)19(17)23-16-10-6-4-8-14(16)21(26)28-2/h3-12,17,19,22-23H,1-2H3/t17-,19+/m0/s1. The SMILES string of the molecule is COC(=O)c1ccccc1N[C@H]1C=CC(=O)[C@@H]1Nc1ccccc1C(=O)OC. The first-order valence-corrected chi connectivity index (χ1v) is 8.65. The first kappa shape index (κ1) is 19.2. The fourth-order valence-corrected chi connectivity index (χ4v) is 3.02. The van der Waals surface area contributed by atoms with Gasteiger partial charge in [-0.2, -0.15) is 0 Å². The Morgan fingerprint density at radius 2 is 1.32 bits per heavy atom. The molecule has 0 fully saturated rings. The summed E-state index contributed by atoms with van der Waals surface area (Å²) in [5.41, 5.74) is 1.74. The van der Waals surface area contributed by atoms with E-state index in [1.807, 2.05) is 0 Å². The van der Waals surface area contributed by atoms with Crippen LogP contribution in [0.3, 0.4) is 0 Å². The molecule has 0 spiro atoms. The second-order valence-electron chi connectivity index (χ2n) is 6.13. The van der Waals surface area contributed by atoms with Crippen LogP contribution >= 0.6 is 0 Å². The number of esters is 2. The Kier molecular flexibility index (Phi) is 5.74. The van der Waals surface area contributed by atoms with E-state index in [0.29, 0.717) is 22.5 Å². The first-order valence-electron chi connectivity index (χ1n) is 8.65. The van der Waals surface area contributed by atoms with Crippen molar-refractivity contribution in [3.05, 3.63) is 71.8 Å². The normalized spacial score (nSPS) is 17.9. The van der Waals surface area contributed by atoms with E-state index in [0.717, 1.165) is 0 Å². The van der Waals surface area contributed by atoms with Crippen LogP contribution in [-0.4, -0.2) is 44.0 Å². The molecular weight excluding hydrogens is 360 g/mol. The fraction of sp³-hybridized carbons (Fsp3) is 0.190. The number of ether oxygens (including phenoxy) is 2. The smallest absolute Gasteiger partial charge is 0.339 e. The minimum atomic E-state index is -0.656. The lowest BCUT2D eigenvalue weighted by atomic mass is 10.1. The van der Waals surface area contributed by atoms with E-state index in [2.05, 4.69) is 10.6 Å². The number of para-hydroxylation sites is 2. The van der Waals surface area contributed by atoms with Crippen LogP contribution in [0.4, 0.5) is 11.4 Å². The summed E-state index contributed by atoms with van der Waals surface area (Å²) in [7, 11) is 2.61. The van der Waals surface area contributed by atoms with Gasteiger partial charge in [0.15, 0.2) is 5.78 Å². The maximum Gasteiger partial charge on any atom is 0.339 e. The molecule has 28 heavy (non-hydrogen) atoms. The van der Waals surface area contributed by atoms with Gasteiger partial charge in [0.2, 0.25) is 0 Å². The number of nitrogens with one attached hydrogen (secondary N) is 2. The zero-order chi connectivity index (χ0) is 20.1. The molecular formula is C21H20N2O5. The summed E-state index contributed by atoms with van der Waals surface area (Å²) in [6.45, 7) is 0. The molecule has 1 aliphatic rings. The summed E-state index contributed by atoms with van der Waals surface area (Å²) in [6, 6.07) is 12.6. The number of anilines is 2. The topological polar surface area (TPSA) is 93.7 Å². The van der Waals surface area contributed by atoms with Gasteiger partial charge in [-0.25, -0.2) is 9.59 Å². The lowest BCUT2D eigenvalue weighted by molar-refractivity contribution is -0.114. The summed E-state index contributed by atoms with van der Waals surface area (Å²) in [5.74, 6) is -1.12. The van der Waals surface area contributed by atoms with Crippen molar-refractivity contribution in [2.24, 2.45) is 0 Å². The third-order valence-electron chi connectivity index (χ3n) is 4.43. The summed E-state index contributed by atoms with van der Waals surface area (Å²) in [4.78, 5) is 36.4. The highest BCUT2D eigenvalue weighted by Crippen LogP contribution is 2.24. The Balaban J connectivity index is 1.85. The zero-order valence-electron chi connectivity index (χ0n) is 15.5. The van der Waals surface area contributed by atoms with Crippen LogP contribution in [0.2, 0.25) is 0 Å². The molecule has 0 aromatic heterocycles. The highest BCUT2D eigenvalue weighted by Gasteiger charge is 2.31. The third kappa shape index (κ3) is 3.88. The molecule has 3 rings (SSSR count). The van der Waals surface area contributed by atoms with Crippen molar-refractivity contribution >= 4 is 29.1 Å². The van der Waals surface area contributed by atoms with Gasteiger partial charge >= 0.3 is 11.9 Å². The Hall–Kier alpha value is -3.61. The molecule has 0 saturated heterocycles. The quantitative estimate of drug-likeness (QED) is 0.744. The molecule has 2 atom stereocenters. The summed E-state index contributed by atoms with van der Waals surface area (Å²) in [5, 5.41) is 6.32. The minimum absolute atomic E-state index is 0.146. The average Bonchev–Trinajstić information content (AvgIpc) is 3.07. The highest BCUT2D eigenvalue weighted by molar-refractivity contribution is 6.03. The van der Waals surface area contributed by atoms with E-state index in [-0.39, 0.29) is 5.78 Å². The lowest BCUT2D eigenvalue weighted by Crippen LogP contribution is -2.40. The molecule has 0 radical (unpaired) electrons. The van der Waals surface area contributed by atoms with Gasteiger partial charge in [-0.05, 0) is 30.3 Å². The molecule has 0 saturated carbocycles. The van der Waals surface area contributed by atoms with Crippen LogP contribution in [0.15, 0.2) is 60.7 Å². The van der Waals surface area contributed by atoms with Gasteiger partial charge in [0, 0.05) is 11.4 Å². The van der Waals surface area contributed by atoms with E-state index in [9.17, 15) is 14.4 Å². The van der Waals surface area contributed by atoms with Crippen molar-refractivity contribution in [2.75, 3.05) is 24.9 Å². The molecule has 0 aliphatic heterocycles. The Morgan fingerprint density at radius 1 is 0.821 bits per heavy atom. The molecule has 0 bridgehead atoms. The van der Waals surface area contributed by atoms with Gasteiger partial charge < -0.3 is 20.1 Å². The monoisotopic (exact) mass is 380 g/mol. The molecule has 2 aromatic rings. The van der Waals surface area contributed by atoms with Crippen LogP contribution in [0.5, 0.6) is 0 Å². The third-order valence-corrected chi connectivity index (χ3v) is 4.43. The molecule has 2 N–H and O–H groups in total. The molecule has 2 aromatic carbocycles. The first-order chi connectivity index (χ1) is 13.5. The summed E-state index contributed by atoms with van der Waals surface area (Å²) in [6.07, 6.45) is 3.19. The van der Waals surface area contributed by atoms with Crippen LogP contribution in [0, 0.1) is 0 Å². The van der Waals surface area contributed by atoms with Gasteiger partial charge in [-0.1, -0.05) is 30.3 Å². The van der Waals surface area contributed by atoms with Crippen molar-refractivity contribution in [3.8, 4) is 0 Å². The molecule has 1 aliphatic carbocycles. The van der Waals surface area contributed by atoms with Gasteiger partial charge in [0.1, 0.15) is 6.04 Å². The number of hydrogen-bond donors (Lipinski definition) is 2. The van der Waals surface area contributed by atoms with Crippen LogP contribution < -0.4 is 10.6 Å². The molecule has 0 unspecified atom stereocenters. The van der Waals surface area contributed by atoms with Gasteiger partial charge in [-0.3, -0.25) is 4.79 Å². The number of hydrogen-bond acceptors (Lipinski definition) is 7. The number of benzene rings is 2. The van der Waals surface area contributed by atoms with E-state index < -0.39 is 24.0 Å². The van der Waals surface area contributed by atoms with E-state index in [1.165, 1.54) is 20.3 Å². The molecule has 0 amide bonds. The Labute approximate surface area is 162 Å².